The Kier molecular flexibility index (Phi) is 5.16. The van der Waals surface area contributed by atoms with E-state index in [9.17, 15) is 9.18 Å². The zero-order chi connectivity index (χ0) is 18.6. The molecule has 1 saturated heterocycles. The summed E-state index contributed by atoms with van der Waals surface area (Å²) in [7, 11) is 0. The third-order valence-corrected chi connectivity index (χ3v) is 5.07. The first-order chi connectivity index (χ1) is 13.2. The number of rotatable bonds is 5. The largest absolute Gasteiger partial charge is 0.348 e. The summed E-state index contributed by atoms with van der Waals surface area (Å²) in [6, 6.07) is 14.6. The van der Waals surface area contributed by atoms with E-state index in [2.05, 4.69) is 32.3 Å². The van der Waals surface area contributed by atoms with Gasteiger partial charge in [-0.25, -0.2) is 9.37 Å². The highest BCUT2D eigenvalue weighted by Crippen LogP contribution is 2.20. The van der Waals surface area contributed by atoms with E-state index in [1.165, 1.54) is 17.7 Å². The van der Waals surface area contributed by atoms with E-state index >= 15 is 0 Å². The number of hydrogen-bond acceptors (Lipinski definition) is 3. The summed E-state index contributed by atoms with van der Waals surface area (Å²) >= 11 is 0. The lowest BCUT2D eigenvalue weighted by atomic mass is 10.0. The highest BCUT2D eigenvalue weighted by atomic mass is 19.1. The minimum absolute atomic E-state index is 0.0252. The van der Waals surface area contributed by atoms with Crippen LogP contribution in [0.1, 0.15) is 30.7 Å². The number of imidazole rings is 1. The first-order valence-electron chi connectivity index (χ1n) is 9.39. The maximum atomic E-state index is 13.3. The number of H-pyrrole nitrogens is 1. The number of piperidine rings is 1. The number of nitrogens with one attached hydrogen (secondary N) is 2. The van der Waals surface area contributed by atoms with Crippen LogP contribution in [0.4, 0.5) is 4.39 Å². The molecule has 0 saturated carbocycles. The topological polar surface area (TPSA) is 61.0 Å². The summed E-state index contributed by atoms with van der Waals surface area (Å²) in [6.45, 7) is 2.02. The van der Waals surface area contributed by atoms with Crippen molar-refractivity contribution >= 4 is 16.9 Å². The number of nitrogens with zero attached hydrogens (tertiary/aromatic N) is 2. The number of carbonyl (C=O) groups is 1. The van der Waals surface area contributed by atoms with Gasteiger partial charge >= 0.3 is 0 Å². The Morgan fingerprint density at radius 3 is 2.93 bits per heavy atom. The Hall–Kier alpha value is -2.73. The molecule has 1 atom stereocenters. The summed E-state index contributed by atoms with van der Waals surface area (Å²) in [5.74, 6) is 0.354. The zero-order valence-corrected chi connectivity index (χ0v) is 15.1. The number of halogens is 1. The van der Waals surface area contributed by atoms with Gasteiger partial charge in [-0.05, 0) is 43.1 Å². The summed E-state index contributed by atoms with van der Waals surface area (Å²) in [4.78, 5) is 22.5. The molecule has 4 rings (SSSR count). The van der Waals surface area contributed by atoms with Crippen LogP contribution in [-0.2, 0) is 17.9 Å². The van der Waals surface area contributed by atoms with E-state index in [0.29, 0.717) is 23.4 Å². The standard InChI is InChI=1S/C21H23FN4O/c22-16-9-10-17-18(12-16)25-20(24-17)13-23-21(27)19-8-4-5-11-26(19)14-15-6-2-1-3-7-15/h1-3,6-7,9-10,12,19H,4-5,8,11,13-14H2,(H,23,27)(H,24,25)/t19-/m1/s1. The summed E-state index contributed by atoms with van der Waals surface area (Å²) < 4.78 is 13.3. The molecule has 1 fully saturated rings. The summed E-state index contributed by atoms with van der Waals surface area (Å²) in [6.07, 6.45) is 3.04. The molecule has 3 aromatic rings. The van der Waals surface area contributed by atoms with Crippen LogP contribution in [0.2, 0.25) is 0 Å². The number of amides is 1. The quantitative estimate of drug-likeness (QED) is 0.728. The molecule has 2 N–H and O–H groups in total. The van der Waals surface area contributed by atoms with Crippen molar-refractivity contribution < 1.29 is 9.18 Å². The van der Waals surface area contributed by atoms with Crippen LogP contribution in [0.15, 0.2) is 48.5 Å². The van der Waals surface area contributed by atoms with Crippen LogP contribution in [0.25, 0.3) is 11.0 Å². The second-order valence-electron chi connectivity index (χ2n) is 7.03. The number of benzene rings is 2. The van der Waals surface area contributed by atoms with Crippen LogP contribution in [0.3, 0.4) is 0 Å². The van der Waals surface area contributed by atoms with Crippen LogP contribution in [0, 0.1) is 5.82 Å². The van der Waals surface area contributed by atoms with Crippen LogP contribution < -0.4 is 5.32 Å². The molecular formula is C21H23FN4O. The fourth-order valence-electron chi connectivity index (χ4n) is 3.70. The van der Waals surface area contributed by atoms with Crippen LogP contribution in [0.5, 0.6) is 0 Å². The molecule has 140 valence electrons. The van der Waals surface area contributed by atoms with Crippen molar-refractivity contribution in [2.24, 2.45) is 0 Å². The van der Waals surface area contributed by atoms with Gasteiger partial charge in [0.1, 0.15) is 11.6 Å². The normalized spacial score (nSPS) is 17.9. The average molecular weight is 366 g/mol. The number of hydrogen-bond donors (Lipinski definition) is 2. The molecule has 0 unspecified atom stereocenters. The van der Waals surface area contributed by atoms with Gasteiger partial charge in [0.05, 0.1) is 23.6 Å². The molecule has 0 bridgehead atoms. The van der Waals surface area contributed by atoms with Gasteiger partial charge in [0.25, 0.3) is 0 Å². The molecule has 27 heavy (non-hydrogen) atoms. The minimum atomic E-state index is -0.305. The van der Waals surface area contributed by atoms with E-state index in [1.807, 2.05) is 18.2 Å². The fourth-order valence-corrected chi connectivity index (χ4v) is 3.70. The van der Waals surface area contributed by atoms with Gasteiger partial charge in [0, 0.05) is 6.54 Å². The van der Waals surface area contributed by atoms with Gasteiger partial charge in [-0.2, -0.15) is 0 Å². The highest BCUT2D eigenvalue weighted by Gasteiger charge is 2.28. The monoisotopic (exact) mass is 366 g/mol. The number of aromatic amines is 1. The summed E-state index contributed by atoms with van der Waals surface area (Å²) in [5.41, 5.74) is 2.56. The van der Waals surface area contributed by atoms with Gasteiger partial charge in [-0.3, -0.25) is 9.69 Å². The number of carbonyl (C=O) groups excluding carboxylic acids is 1. The van der Waals surface area contributed by atoms with Gasteiger partial charge < -0.3 is 10.3 Å². The lowest BCUT2D eigenvalue weighted by molar-refractivity contribution is -0.128. The smallest absolute Gasteiger partial charge is 0.237 e. The lowest BCUT2D eigenvalue weighted by Crippen LogP contribution is -2.48. The van der Waals surface area contributed by atoms with Crippen molar-refractivity contribution in [2.45, 2.75) is 38.4 Å². The molecule has 1 aliphatic heterocycles. The minimum Gasteiger partial charge on any atom is -0.348 e. The Balaban J connectivity index is 1.40. The Labute approximate surface area is 157 Å². The van der Waals surface area contributed by atoms with Gasteiger partial charge in [0.15, 0.2) is 0 Å². The van der Waals surface area contributed by atoms with Gasteiger partial charge in [0.2, 0.25) is 5.91 Å². The maximum Gasteiger partial charge on any atom is 0.237 e. The first-order valence-corrected chi connectivity index (χ1v) is 9.39. The third-order valence-electron chi connectivity index (χ3n) is 5.07. The summed E-state index contributed by atoms with van der Waals surface area (Å²) in [5, 5.41) is 2.99. The molecule has 1 aliphatic rings. The van der Waals surface area contributed by atoms with Crippen molar-refractivity contribution in [1.29, 1.82) is 0 Å². The second-order valence-corrected chi connectivity index (χ2v) is 7.03. The predicted octanol–water partition coefficient (Wildman–Crippen LogP) is 3.37. The Morgan fingerprint density at radius 2 is 2.07 bits per heavy atom. The van der Waals surface area contributed by atoms with Gasteiger partial charge in [-0.15, -0.1) is 0 Å². The second kappa shape index (κ2) is 7.88. The highest BCUT2D eigenvalue weighted by molar-refractivity contribution is 5.82. The van der Waals surface area contributed by atoms with Crippen molar-refractivity contribution in [2.75, 3.05) is 6.54 Å². The molecule has 6 heteroatoms. The van der Waals surface area contributed by atoms with Gasteiger partial charge in [-0.1, -0.05) is 36.8 Å². The molecule has 1 aromatic heterocycles. The van der Waals surface area contributed by atoms with E-state index in [0.717, 1.165) is 32.4 Å². The van der Waals surface area contributed by atoms with Crippen LogP contribution >= 0.6 is 0 Å². The van der Waals surface area contributed by atoms with Crippen LogP contribution in [-0.4, -0.2) is 33.4 Å². The number of likely N-dealkylation sites (tertiary alicyclic amines) is 1. The van der Waals surface area contributed by atoms with Crippen molar-refractivity contribution in [1.82, 2.24) is 20.2 Å². The van der Waals surface area contributed by atoms with Crippen molar-refractivity contribution in [3.8, 4) is 0 Å². The van der Waals surface area contributed by atoms with E-state index in [1.54, 1.807) is 6.07 Å². The lowest BCUT2D eigenvalue weighted by Gasteiger charge is -2.34. The molecular weight excluding hydrogens is 343 g/mol. The molecule has 0 aliphatic carbocycles. The molecule has 1 amide bonds. The molecule has 5 nitrogen and oxygen atoms in total. The molecule has 2 aromatic carbocycles. The predicted molar refractivity (Wildman–Crippen MR) is 102 cm³/mol. The third kappa shape index (κ3) is 4.17. The Bertz CT molecular complexity index is 924. The molecule has 2 heterocycles. The number of fused-ring (bicyclic) bond motifs is 1. The SMILES string of the molecule is O=C(NCc1nc2ccc(F)cc2[nH]1)[C@H]1CCCCN1Cc1ccccc1. The maximum absolute atomic E-state index is 13.3. The Morgan fingerprint density at radius 1 is 1.22 bits per heavy atom. The van der Waals surface area contributed by atoms with E-state index in [-0.39, 0.29) is 17.8 Å². The first kappa shape index (κ1) is 17.7. The molecule has 0 spiro atoms. The fraction of sp³-hybridized carbons (Fsp3) is 0.333. The number of aromatic nitrogens is 2. The average Bonchev–Trinajstić information content (AvgIpc) is 3.09. The molecule has 0 radical (unpaired) electrons. The van der Waals surface area contributed by atoms with Crippen molar-refractivity contribution in [3.05, 3.63) is 65.7 Å². The van der Waals surface area contributed by atoms with E-state index < -0.39 is 0 Å². The van der Waals surface area contributed by atoms with E-state index in [4.69, 9.17) is 0 Å². The zero-order valence-electron chi connectivity index (χ0n) is 15.1. The van der Waals surface area contributed by atoms with Crippen molar-refractivity contribution in [3.63, 3.8) is 0 Å².